The number of fused-ring (bicyclic) bond motifs is 1. The minimum absolute atomic E-state index is 0.0639. The highest BCUT2D eigenvalue weighted by Gasteiger charge is 2.44. The number of sulfone groups is 1. The summed E-state index contributed by atoms with van der Waals surface area (Å²) in [5.74, 6) is -0.227. The Hall–Kier alpha value is -3.32. The molecule has 0 bridgehead atoms. The Morgan fingerprint density at radius 3 is 2.49 bits per heavy atom. The third-order valence-electron chi connectivity index (χ3n) is 7.98. The summed E-state index contributed by atoms with van der Waals surface area (Å²) in [5.41, 5.74) is 3.69. The molecule has 1 aliphatic rings. The molecule has 2 unspecified atom stereocenters. The lowest BCUT2D eigenvalue weighted by molar-refractivity contribution is -0.137. The first-order chi connectivity index (χ1) is 18.6. The maximum atomic E-state index is 14.2. The van der Waals surface area contributed by atoms with Crippen LogP contribution in [0.3, 0.4) is 0 Å². The van der Waals surface area contributed by atoms with E-state index in [2.05, 4.69) is 13.8 Å². The number of ether oxygens (including phenoxy) is 2. The summed E-state index contributed by atoms with van der Waals surface area (Å²) in [4.78, 5) is 12.1. The number of benzene rings is 3. The van der Waals surface area contributed by atoms with Crippen LogP contribution in [0.2, 0.25) is 0 Å². The zero-order chi connectivity index (χ0) is 28.2. The first-order valence-corrected chi connectivity index (χ1v) is 15.1. The van der Waals surface area contributed by atoms with Crippen LogP contribution in [0.15, 0.2) is 71.6 Å². The molecule has 0 radical (unpaired) electrons. The van der Waals surface area contributed by atoms with Gasteiger partial charge in [0.2, 0.25) is 0 Å². The van der Waals surface area contributed by atoms with Crippen LogP contribution in [0.5, 0.6) is 11.5 Å². The molecule has 1 N–H and O–H groups in total. The molecule has 3 aromatic rings. The summed E-state index contributed by atoms with van der Waals surface area (Å²) in [5, 5.41) is 9.75. The number of carboxylic acid groups (broad SMARTS) is 1. The molecular formula is C32H38O6S. The van der Waals surface area contributed by atoms with Gasteiger partial charge in [-0.3, -0.25) is 4.79 Å². The Balaban J connectivity index is 1.81. The highest BCUT2D eigenvalue weighted by Crippen LogP contribution is 2.42. The van der Waals surface area contributed by atoms with Gasteiger partial charge in [0.15, 0.2) is 9.84 Å². The molecule has 0 saturated carbocycles. The van der Waals surface area contributed by atoms with Crippen molar-refractivity contribution in [2.24, 2.45) is 0 Å². The number of hydrogen-bond acceptors (Lipinski definition) is 5. The SMILES string of the molecule is CCc1ccc(C(CC(=O)O)c2cccc(OC)c2)cc1CC1(C)CC[C@@H](CC)Oc2ccccc2S1(=O)=O. The monoisotopic (exact) mass is 550 g/mol. The smallest absolute Gasteiger partial charge is 0.304 e. The van der Waals surface area contributed by atoms with Gasteiger partial charge in [0, 0.05) is 5.92 Å². The second kappa shape index (κ2) is 11.8. The summed E-state index contributed by atoms with van der Waals surface area (Å²) in [7, 11) is -2.16. The van der Waals surface area contributed by atoms with E-state index in [0.717, 1.165) is 35.1 Å². The summed E-state index contributed by atoms with van der Waals surface area (Å²) < 4.78 is 38.8. The van der Waals surface area contributed by atoms with Crippen LogP contribution in [0, 0.1) is 0 Å². The summed E-state index contributed by atoms with van der Waals surface area (Å²) in [6.45, 7) is 5.96. The van der Waals surface area contributed by atoms with Crippen LogP contribution in [-0.2, 0) is 27.5 Å². The minimum Gasteiger partial charge on any atom is -0.497 e. The molecule has 3 atom stereocenters. The number of methoxy groups -OCH3 is 1. The topological polar surface area (TPSA) is 89.9 Å². The fraction of sp³-hybridized carbons (Fsp3) is 0.406. The fourth-order valence-electron chi connectivity index (χ4n) is 5.58. The van der Waals surface area contributed by atoms with Crippen molar-refractivity contribution < 1.29 is 27.8 Å². The summed E-state index contributed by atoms with van der Waals surface area (Å²) in [6.07, 6.45) is 2.80. The molecule has 208 valence electrons. The van der Waals surface area contributed by atoms with Crippen LogP contribution in [0.4, 0.5) is 0 Å². The van der Waals surface area contributed by atoms with Gasteiger partial charge in [-0.2, -0.15) is 0 Å². The molecule has 0 amide bonds. The summed E-state index contributed by atoms with van der Waals surface area (Å²) in [6, 6.07) is 20.4. The third kappa shape index (κ3) is 5.98. The normalized spacial score (nSPS) is 21.1. The number of hydrogen-bond donors (Lipinski definition) is 1. The van der Waals surface area contributed by atoms with Crippen LogP contribution in [0.1, 0.15) is 74.6 Å². The molecule has 0 spiro atoms. The highest BCUT2D eigenvalue weighted by molar-refractivity contribution is 7.93. The minimum atomic E-state index is -3.75. The largest absolute Gasteiger partial charge is 0.497 e. The molecule has 0 saturated heterocycles. The Morgan fingerprint density at radius 2 is 1.79 bits per heavy atom. The van der Waals surface area contributed by atoms with Crippen molar-refractivity contribution in [3.05, 3.63) is 89.0 Å². The number of aliphatic carboxylic acids is 1. The number of para-hydroxylation sites is 1. The maximum Gasteiger partial charge on any atom is 0.304 e. The van der Waals surface area contributed by atoms with Gasteiger partial charge >= 0.3 is 5.97 Å². The molecule has 0 aliphatic carbocycles. The average Bonchev–Trinajstić information content (AvgIpc) is 2.93. The van der Waals surface area contributed by atoms with E-state index < -0.39 is 26.5 Å². The van der Waals surface area contributed by atoms with Crippen LogP contribution >= 0.6 is 0 Å². The third-order valence-corrected chi connectivity index (χ3v) is 10.5. The van der Waals surface area contributed by atoms with Gasteiger partial charge in [-0.15, -0.1) is 0 Å². The zero-order valence-corrected chi connectivity index (χ0v) is 24.0. The number of rotatable bonds is 9. The van der Waals surface area contributed by atoms with E-state index in [-0.39, 0.29) is 17.4 Å². The predicted octanol–water partition coefficient (Wildman–Crippen LogP) is 6.59. The average molecular weight is 551 g/mol. The Morgan fingerprint density at radius 1 is 1.05 bits per heavy atom. The molecule has 39 heavy (non-hydrogen) atoms. The molecule has 0 fully saturated rings. The van der Waals surface area contributed by atoms with Gasteiger partial charge in [0.05, 0.1) is 24.4 Å². The van der Waals surface area contributed by atoms with Gasteiger partial charge < -0.3 is 14.6 Å². The lowest BCUT2D eigenvalue weighted by atomic mass is 9.84. The van der Waals surface area contributed by atoms with E-state index in [1.807, 2.05) is 49.4 Å². The van der Waals surface area contributed by atoms with E-state index in [4.69, 9.17) is 9.47 Å². The quantitative estimate of drug-likeness (QED) is 0.323. The van der Waals surface area contributed by atoms with Gasteiger partial charge in [-0.05, 0) is 85.5 Å². The number of aryl methyl sites for hydroxylation is 1. The predicted molar refractivity (Wildman–Crippen MR) is 153 cm³/mol. The zero-order valence-electron chi connectivity index (χ0n) is 23.1. The van der Waals surface area contributed by atoms with E-state index in [1.54, 1.807) is 31.4 Å². The Bertz CT molecular complexity index is 1430. The lowest BCUT2D eigenvalue weighted by Gasteiger charge is -2.35. The van der Waals surface area contributed by atoms with Gasteiger partial charge in [-0.25, -0.2) is 8.42 Å². The number of carboxylic acids is 1. The molecular weight excluding hydrogens is 512 g/mol. The molecule has 7 heteroatoms. The van der Waals surface area contributed by atoms with E-state index in [1.165, 1.54) is 0 Å². The van der Waals surface area contributed by atoms with Gasteiger partial charge in [-0.1, -0.05) is 56.3 Å². The maximum absolute atomic E-state index is 14.2. The van der Waals surface area contributed by atoms with Gasteiger partial charge in [0.1, 0.15) is 16.4 Å². The van der Waals surface area contributed by atoms with Crippen LogP contribution in [-0.4, -0.2) is 37.5 Å². The lowest BCUT2D eigenvalue weighted by Crippen LogP contribution is -2.41. The van der Waals surface area contributed by atoms with Gasteiger partial charge in [0.25, 0.3) is 0 Å². The van der Waals surface area contributed by atoms with Crippen molar-refractivity contribution in [1.82, 2.24) is 0 Å². The van der Waals surface area contributed by atoms with Crippen LogP contribution in [0.25, 0.3) is 0 Å². The molecule has 4 rings (SSSR count). The Kier molecular flexibility index (Phi) is 8.70. The second-order valence-corrected chi connectivity index (χ2v) is 13.0. The van der Waals surface area contributed by atoms with E-state index >= 15 is 0 Å². The van der Waals surface area contributed by atoms with Crippen molar-refractivity contribution in [1.29, 1.82) is 0 Å². The molecule has 1 heterocycles. The van der Waals surface area contributed by atoms with Crippen LogP contribution < -0.4 is 9.47 Å². The second-order valence-electron chi connectivity index (χ2n) is 10.6. The molecule has 3 aromatic carbocycles. The Labute approximate surface area is 231 Å². The highest BCUT2D eigenvalue weighted by atomic mass is 32.2. The first-order valence-electron chi connectivity index (χ1n) is 13.6. The standard InChI is InChI=1S/C32H38O6S/c1-5-22-14-15-24(28(20-31(33)34)23-10-9-11-27(19-23)37-4)18-25(22)21-32(3)17-16-26(6-2)38-29-12-7-8-13-30(29)39(32,35)36/h7-15,18-19,26,28H,5-6,16-17,20-21H2,1-4H3,(H,33,34)/t26-,28?,32?/m1/s1. The summed E-state index contributed by atoms with van der Waals surface area (Å²) >= 11 is 0. The van der Waals surface area contributed by atoms with E-state index in [0.29, 0.717) is 30.8 Å². The molecule has 6 nitrogen and oxygen atoms in total. The van der Waals surface area contributed by atoms with E-state index in [9.17, 15) is 18.3 Å². The number of carbonyl (C=O) groups is 1. The molecule has 0 aromatic heterocycles. The first kappa shape index (κ1) is 28.7. The van der Waals surface area contributed by atoms with Crippen molar-refractivity contribution in [3.8, 4) is 11.5 Å². The van der Waals surface area contributed by atoms with Crippen molar-refractivity contribution in [2.45, 2.75) is 81.0 Å². The van der Waals surface area contributed by atoms with Crippen molar-refractivity contribution in [2.75, 3.05) is 7.11 Å². The van der Waals surface area contributed by atoms with Crippen molar-refractivity contribution >= 4 is 15.8 Å². The fourth-order valence-corrected chi connectivity index (χ4v) is 7.48. The van der Waals surface area contributed by atoms with Crippen molar-refractivity contribution in [3.63, 3.8) is 0 Å². The molecule has 1 aliphatic heterocycles.